The summed E-state index contributed by atoms with van der Waals surface area (Å²) >= 11 is 5.91. The molecule has 2 aromatic rings. The van der Waals surface area contributed by atoms with Crippen molar-refractivity contribution in [3.05, 3.63) is 64.7 Å². The number of hydrogen-bond donors (Lipinski definition) is 2. The summed E-state index contributed by atoms with van der Waals surface area (Å²) in [7, 11) is 1.65. The zero-order valence-electron chi connectivity index (χ0n) is 12.2. The van der Waals surface area contributed by atoms with Crippen molar-refractivity contribution in [3.8, 4) is 0 Å². The first-order valence-electron chi connectivity index (χ1n) is 6.90. The highest BCUT2D eigenvalue weighted by atomic mass is 35.5. The van der Waals surface area contributed by atoms with E-state index < -0.39 is 0 Å². The van der Waals surface area contributed by atoms with Gasteiger partial charge in [-0.1, -0.05) is 41.9 Å². The zero-order chi connectivity index (χ0) is 15.2. The average Bonchev–Trinajstić information content (AvgIpc) is 2.49. The highest BCUT2D eigenvalue weighted by molar-refractivity contribution is 6.30. The molecule has 1 amide bonds. The zero-order valence-corrected chi connectivity index (χ0v) is 12.9. The first-order valence-corrected chi connectivity index (χ1v) is 7.28. The second-order valence-corrected chi connectivity index (χ2v) is 5.36. The number of anilines is 1. The topological polar surface area (TPSA) is 41.1 Å². The summed E-state index contributed by atoms with van der Waals surface area (Å²) in [6.07, 6.45) is 0.368. The first-order chi connectivity index (χ1) is 10.1. The third-order valence-corrected chi connectivity index (χ3v) is 3.64. The van der Waals surface area contributed by atoms with E-state index in [1.54, 1.807) is 7.05 Å². The number of rotatable bonds is 5. The van der Waals surface area contributed by atoms with Gasteiger partial charge in [0.05, 0.1) is 6.42 Å². The molecule has 2 aromatic carbocycles. The maximum absolute atomic E-state index is 11.6. The lowest BCUT2D eigenvalue weighted by Gasteiger charge is -2.18. The SMILES string of the molecule is CNC(=O)Cc1ccccc1NC(C)c1ccc(Cl)cc1. The lowest BCUT2D eigenvalue weighted by Crippen LogP contribution is -2.20. The summed E-state index contributed by atoms with van der Waals surface area (Å²) in [5, 5.41) is 6.83. The molecule has 21 heavy (non-hydrogen) atoms. The van der Waals surface area contributed by atoms with E-state index in [1.165, 1.54) is 0 Å². The van der Waals surface area contributed by atoms with E-state index in [-0.39, 0.29) is 11.9 Å². The van der Waals surface area contributed by atoms with Gasteiger partial charge in [0, 0.05) is 23.8 Å². The standard InChI is InChI=1S/C17H19ClN2O/c1-12(13-7-9-15(18)10-8-13)20-16-6-4-3-5-14(16)11-17(21)19-2/h3-10,12,20H,11H2,1-2H3,(H,19,21). The Hall–Kier alpha value is -2.00. The second-order valence-electron chi connectivity index (χ2n) is 4.92. The Morgan fingerprint density at radius 1 is 1.14 bits per heavy atom. The second kappa shape index (κ2) is 7.14. The van der Waals surface area contributed by atoms with Crippen LogP contribution in [0.15, 0.2) is 48.5 Å². The summed E-state index contributed by atoms with van der Waals surface area (Å²) in [6.45, 7) is 2.08. The fraction of sp³-hybridized carbons (Fsp3) is 0.235. The van der Waals surface area contributed by atoms with Crippen LogP contribution in [0, 0.1) is 0 Å². The van der Waals surface area contributed by atoms with E-state index in [0.717, 1.165) is 21.8 Å². The Bertz CT molecular complexity index is 610. The van der Waals surface area contributed by atoms with Crippen LogP contribution in [0.1, 0.15) is 24.1 Å². The van der Waals surface area contributed by atoms with Crippen molar-refractivity contribution in [1.29, 1.82) is 0 Å². The molecule has 0 heterocycles. The number of carbonyl (C=O) groups excluding carboxylic acids is 1. The van der Waals surface area contributed by atoms with Gasteiger partial charge in [-0.15, -0.1) is 0 Å². The highest BCUT2D eigenvalue weighted by Crippen LogP contribution is 2.23. The average molecular weight is 303 g/mol. The number of halogens is 1. The van der Waals surface area contributed by atoms with Gasteiger partial charge >= 0.3 is 0 Å². The summed E-state index contributed by atoms with van der Waals surface area (Å²) in [4.78, 5) is 11.6. The third-order valence-electron chi connectivity index (χ3n) is 3.39. The van der Waals surface area contributed by atoms with Crippen LogP contribution in [0.25, 0.3) is 0 Å². The lowest BCUT2D eigenvalue weighted by molar-refractivity contribution is -0.119. The van der Waals surface area contributed by atoms with Gasteiger partial charge in [0.2, 0.25) is 5.91 Å². The number of benzene rings is 2. The predicted molar refractivity (Wildman–Crippen MR) is 87.7 cm³/mol. The molecule has 2 N–H and O–H groups in total. The maximum Gasteiger partial charge on any atom is 0.224 e. The van der Waals surface area contributed by atoms with E-state index in [1.807, 2.05) is 48.5 Å². The van der Waals surface area contributed by atoms with E-state index in [0.29, 0.717) is 6.42 Å². The van der Waals surface area contributed by atoms with Gasteiger partial charge in [0.25, 0.3) is 0 Å². The molecule has 0 aliphatic heterocycles. The van der Waals surface area contributed by atoms with Crippen LogP contribution in [-0.2, 0) is 11.2 Å². The number of para-hydroxylation sites is 1. The van der Waals surface area contributed by atoms with Gasteiger partial charge in [0.1, 0.15) is 0 Å². The molecular formula is C17H19ClN2O. The number of amides is 1. The number of likely N-dealkylation sites (N-methyl/N-ethyl adjacent to an activating group) is 1. The van der Waals surface area contributed by atoms with Crippen molar-refractivity contribution in [3.63, 3.8) is 0 Å². The smallest absolute Gasteiger partial charge is 0.224 e. The normalized spacial score (nSPS) is 11.8. The minimum absolute atomic E-state index is 0.00314. The molecule has 110 valence electrons. The predicted octanol–water partition coefficient (Wildman–Crippen LogP) is 3.80. The largest absolute Gasteiger partial charge is 0.378 e. The number of hydrogen-bond acceptors (Lipinski definition) is 2. The van der Waals surface area contributed by atoms with Crippen molar-refractivity contribution in [1.82, 2.24) is 5.32 Å². The molecule has 0 saturated carbocycles. The summed E-state index contributed by atoms with van der Waals surface area (Å²) in [6, 6.07) is 15.8. The van der Waals surface area contributed by atoms with Crippen LogP contribution >= 0.6 is 11.6 Å². The Morgan fingerprint density at radius 3 is 2.48 bits per heavy atom. The molecule has 1 unspecified atom stereocenters. The Balaban J connectivity index is 2.15. The van der Waals surface area contributed by atoms with Gasteiger partial charge < -0.3 is 10.6 Å². The van der Waals surface area contributed by atoms with E-state index >= 15 is 0 Å². The van der Waals surface area contributed by atoms with Crippen molar-refractivity contribution in [2.45, 2.75) is 19.4 Å². The van der Waals surface area contributed by atoms with Crippen LogP contribution in [-0.4, -0.2) is 13.0 Å². The van der Waals surface area contributed by atoms with E-state index in [9.17, 15) is 4.79 Å². The minimum Gasteiger partial charge on any atom is -0.378 e. The fourth-order valence-electron chi connectivity index (χ4n) is 2.14. The minimum atomic E-state index is 0.00314. The van der Waals surface area contributed by atoms with Gasteiger partial charge in [-0.25, -0.2) is 0 Å². The van der Waals surface area contributed by atoms with E-state index in [4.69, 9.17) is 11.6 Å². The molecule has 0 aliphatic rings. The number of nitrogens with one attached hydrogen (secondary N) is 2. The van der Waals surface area contributed by atoms with Gasteiger partial charge in [0.15, 0.2) is 0 Å². The Labute approximate surface area is 130 Å². The number of carbonyl (C=O) groups is 1. The van der Waals surface area contributed by atoms with Crippen LogP contribution in [0.3, 0.4) is 0 Å². The van der Waals surface area contributed by atoms with Crippen molar-refractivity contribution >= 4 is 23.2 Å². The quantitative estimate of drug-likeness (QED) is 0.882. The van der Waals surface area contributed by atoms with Crippen LogP contribution < -0.4 is 10.6 Å². The van der Waals surface area contributed by atoms with Crippen LogP contribution in [0.4, 0.5) is 5.69 Å². The maximum atomic E-state index is 11.6. The van der Waals surface area contributed by atoms with Gasteiger partial charge in [-0.3, -0.25) is 4.79 Å². The Morgan fingerprint density at radius 2 is 1.81 bits per heavy atom. The summed E-state index contributed by atoms with van der Waals surface area (Å²) in [5.74, 6) is 0.00314. The molecule has 0 fully saturated rings. The highest BCUT2D eigenvalue weighted by Gasteiger charge is 2.10. The first kappa shape index (κ1) is 15.4. The van der Waals surface area contributed by atoms with Gasteiger partial charge in [-0.2, -0.15) is 0 Å². The van der Waals surface area contributed by atoms with Crippen molar-refractivity contribution < 1.29 is 4.79 Å². The molecule has 0 aliphatic carbocycles. The van der Waals surface area contributed by atoms with Crippen LogP contribution in [0.2, 0.25) is 5.02 Å². The molecule has 0 radical (unpaired) electrons. The van der Waals surface area contributed by atoms with E-state index in [2.05, 4.69) is 17.6 Å². The molecule has 0 bridgehead atoms. The van der Waals surface area contributed by atoms with Crippen LogP contribution in [0.5, 0.6) is 0 Å². The molecule has 2 rings (SSSR count). The molecule has 0 spiro atoms. The summed E-state index contributed by atoms with van der Waals surface area (Å²) < 4.78 is 0. The lowest BCUT2D eigenvalue weighted by atomic mass is 10.1. The molecule has 1 atom stereocenters. The third kappa shape index (κ3) is 4.23. The molecule has 4 heteroatoms. The van der Waals surface area contributed by atoms with Crippen molar-refractivity contribution in [2.75, 3.05) is 12.4 Å². The molecule has 3 nitrogen and oxygen atoms in total. The fourth-order valence-corrected chi connectivity index (χ4v) is 2.27. The van der Waals surface area contributed by atoms with Gasteiger partial charge in [-0.05, 0) is 36.2 Å². The monoisotopic (exact) mass is 302 g/mol. The molecule has 0 aromatic heterocycles. The molecular weight excluding hydrogens is 284 g/mol. The molecule has 0 saturated heterocycles. The van der Waals surface area contributed by atoms with Crippen molar-refractivity contribution in [2.24, 2.45) is 0 Å². The Kier molecular flexibility index (Phi) is 5.23. The summed E-state index contributed by atoms with van der Waals surface area (Å²) in [5.41, 5.74) is 3.11.